The Morgan fingerprint density at radius 2 is 2.00 bits per heavy atom. The van der Waals surface area contributed by atoms with Gasteiger partial charge in [-0.2, -0.15) is 0 Å². The first-order valence-corrected chi connectivity index (χ1v) is 5.70. The molecule has 1 aliphatic rings. The maximum atomic E-state index is 12.2. The fraction of sp³-hybridized carbons (Fsp3) is 0.286. The van der Waals surface area contributed by atoms with Gasteiger partial charge in [-0.3, -0.25) is 9.59 Å². The lowest BCUT2D eigenvalue weighted by Gasteiger charge is -2.34. The average molecular weight is 229 g/mol. The first-order chi connectivity index (χ1) is 8.20. The van der Waals surface area contributed by atoms with Gasteiger partial charge in [-0.25, -0.2) is 0 Å². The summed E-state index contributed by atoms with van der Waals surface area (Å²) in [5, 5.41) is 2.59. The normalized spacial score (nSPS) is 24.2. The molecule has 0 bridgehead atoms. The molecule has 3 nitrogen and oxygen atoms in total. The van der Waals surface area contributed by atoms with Crippen LogP contribution in [0.25, 0.3) is 0 Å². The van der Waals surface area contributed by atoms with Crippen molar-refractivity contribution in [2.24, 2.45) is 0 Å². The first kappa shape index (κ1) is 11.6. The second kappa shape index (κ2) is 4.53. The van der Waals surface area contributed by atoms with E-state index >= 15 is 0 Å². The average Bonchev–Trinajstić information content (AvgIpc) is 2.36. The van der Waals surface area contributed by atoms with Crippen molar-refractivity contribution in [3.8, 4) is 0 Å². The van der Waals surface area contributed by atoms with E-state index < -0.39 is 11.3 Å². The molecule has 17 heavy (non-hydrogen) atoms. The molecule has 3 heteroatoms. The third-order valence-corrected chi connectivity index (χ3v) is 3.30. The van der Waals surface area contributed by atoms with Gasteiger partial charge >= 0.3 is 0 Å². The standard InChI is InChI=1S/C14H15NO2/c1-2-8-14(11-6-4-3-5-7-11)9-10-15-13(17)12(14)16/h2-7H,1,8-10H2,(H,15,17). The number of amides is 1. The molecule has 0 aromatic heterocycles. The lowest BCUT2D eigenvalue weighted by atomic mass is 9.70. The van der Waals surface area contributed by atoms with E-state index in [2.05, 4.69) is 11.9 Å². The Bertz CT molecular complexity index is 453. The number of ketones is 1. The Morgan fingerprint density at radius 3 is 2.65 bits per heavy atom. The second-order valence-electron chi connectivity index (χ2n) is 4.28. The molecule has 2 rings (SSSR count). The van der Waals surface area contributed by atoms with Crippen molar-refractivity contribution >= 4 is 11.7 Å². The lowest BCUT2D eigenvalue weighted by molar-refractivity contribution is -0.143. The van der Waals surface area contributed by atoms with Gasteiger partial charge in [0.2, 0.25) is 5.78 Å². The van der Waals surface area contributed by atoms with Gasteiger partial charge < -0.3 is 5.32 Å². The van der Waals surface area contributed by atoms with Gasteiger partial charge in [0.05, 0.1) is 5.41 Å². The topological polar surface area (TPSA) is 46.2 Å². The fourth-order valence-corrected chi connectivity index (χ4v) is 2.39. The molecule has 0 saturated carbocycles. The van der Waals surface area contributed by atoms with Crippen LogP contribution in [0.3, 0.4) is 0 Å². The van der Waals surface area contributed by atoms with Crippen molar-refractivity contribution < 1.29 is 9.59 Å². The molecule has 1 amide bonds. The summed E-state index contributed by atoms with van der Waals surface area (Å²) in [6.45, 7) is 4.24. The number of benzene rings is 1. The highest BCUT2D eigenvalue weighted by atomic mass is 16.2. The van der Waals surface area contributed by atoms with Crippen LogP contribution in [-0.4, -0.2) is 18.2 Å². The van der Waals surface area contributed by atoms with Crippen molar-refractivity contribution in [1.29, 1.82) is 0 Å². The minimum Gasteiger partial charge on any atom is -0.349 e. The molecule has 1 aromatic carbocycles. The predicted octanol–water partition coefficient (Wildman–Crippen LogP) is 1.59. The zero-order valence-corrected chi connectivity index (χ0v) is 9.61. The quantitative estimate of drug-likeness (QED) is 0.632. The molecule has 0 spiro atoms. The van der Waals surface area contributed by atoms with Crippen LogP contribution in [0, 0.1) is 0 Å². The molecule has 0 radical (unpaired) electrons. The van der Waals surface area contributed by atoms with Crippen LogP contribution in [0.2, 0.25) is 0 Å². The molecular weight excluding hydrogens is 214 g/mol. The van der Waals surface area contributed by atoms with Gasteiger partial charge in [-0.05, 0) is 18.4 Å². The van der Waals surface area contributed by atoms with E-state index in [0.29, 0.717) is 19.4 Å². The molecule has 1 unspecified atom stereocenters. The highest BCUT2D eigenvalue weighted by molar-refractivity contribution is 6.40. The minimum atomic E-state index is -0.717. The SMILES string of the molecule is C=CCC1(c2ccccc2)CCNC(=O)C1=O. The number of Topliss-reactive ketones (excluding diaryl/α,β-unsaturated/α-hetero) is 1. The van der Waals surface area contributed by atoms with Crippen LogP contribution in [0.5, 0.6) is 0 Å². The summed E-state index contributed by atoms with van der Waals surface area (Å²) in [4.78, 5) is 23.7. The molecular formula is C14H15NO2. The second-order valence-corrected chi connectivity index (χ2v) is 4.28. The van der Waals surface area contributed by atoms with E-state index in [1.54, 1.807) is 6.08 Å². The summed E-state index contributed by atoms with van der Waals surface area (Å²) >= 11 is 0. The summed E-state index contributed by atoms with van der Waals surface area (Å²) in [7, 11) is 0. The van der Waals surface area contributed by atoms with Crippen LogP contribution in [0.4, 0.5) is 0 Å². The minimum absolute atomic E-state index is 0.352. The van der Waals surface area contributed by atoms with Crippen LogP contribution in [0.15, 0.2) is 43.0 Å². The van der Waals surface area contributed by atoms with E-state index in [1.165, 1.54) is 0 Å². The highest BCUT2D eigenvalue weighted by Crippen LogP contribution is 2.34. The molecule has 88 valence electrons. The van der Waals surface area contributed by atoms with Gasteiger partial charge in [0, 0.05) is 6.54 Å². The Balaban J connectivity index is 2.48. The summed E-state index contributed by atoms with van der Waals surface area (Å²) in [6, 6.07) is 9.48. The first-order valence-electron chi connectivity index (χ1n) is 5.70. The van der Waals surface area contributed by atoms with E-state index in [4.69, 9.17) is 0 Å². The van der Waals surface area contributed by atoms with Gasteiger partial charge in [0.25, 0.3) is 5.91 Å². The summed E-state index contributed by atoms with van der Waals surface area (Å²) in [5.41, 5.74) is 0.186. The Morgan fingerprint density at radius 1 is 1.29 bits per heavy atom. The van der Waals surface area contributed by atoms with Gasteiger partial charge in [0.1, 0.15) is 0 Å². The molecule has 0 aliphatic carbocycles. The van der Waals surface area contributed by atoms with E-state index in [0.717, 1.165) is 5.56 Å². The Labute approximate surface area is 101 Å². The van der Waals surface area contributed by atoms with Gasteiger partial charge in [0.15, 0.2) is 0 Å². The number of carbonyl (C=O) groups excluding carboxylic acids is 2. The Hall–Kier alpha value is -1.90. The summed E-state index contributed by atoms with van der Waals surface area (Å²) in [5.74, 6) is -0.836. The number of hydrogen-bond donors (Lipinski definition) is 1. The maximum absolute atomic E-state index is 12.2. The monoisotopic (exact) mass is 229 g/mol. The van der Waals surface area contributed by atoms with Crippen molar-refractivity contribution in [3.05, 3.63) is 48.6 Å². The number of carbonyl (C=O) groups is 2. The number of nitrogens with one attached hydrogen (secondary N) is 1. The number of hydrogen-bond acceptors (Lipinski definition) is 2. The molecule has 1 fully saturated rings. The third-order valence-electron chi connectivity index (χ3n) is 3.30. The molecule has 1 aliphatic heterocycles. The number of rotatable bonds is 3. The third kappa shape index (κ3) is 1.88. The zero-order chi connectivity index (χ0) is 12.3. The van der Waals surface area contributed by atoms with E-state index in [-0.39, 0.29) is 5.78 Å². The van der Waals surface area contributed by atoms with Gasteiger partial charge in [-0.15, -0.1) is 6.58 Å². The zero-order valence-electron chi connectivity index (χ0n) is 9.61. The molecule has 1 saturated heterocycles. The van der Waals surface area contributed by atoms with Crippen molar-refractivity contribution in [3.63, 3.8) is 0 Å². The fourth-order valence-electron chi connectivity index (χ4n) is 2.39. The number of allylic oxidation sites excluding steroid dienone is 1. The molecule has 1 atom stereocenters. The Kier molecular flexibility index (Phi) is 3.09. The van der Waals surface area contributed by atoms with Crippen LogP contribution in [-0.2, 0) is 15.0 Å². The van der Waals surface area contributed by atoms with Crippen molar-refractivity contribution in [1.82, 2.24) is 5.32 Å². The summed E-state index contributed by atoms with van der Waals surface area (Å²) < 4.78 is 0. The predicted molar refractivity (Wildman–Crippen MR) is 65.6 cm³/mol. The summed E-state index contributed by atoms with van der Waals surface area (Å²) in [6.07, 6.45) is 2.85. The lowest BCUT2D eigenvalue weighted by Crippen LogP contribution is -2.52. The van der Waals surface area contributed by atoms with Crippen LogP contribution < -0.4 is 5.32 Å². The van der Waals surface area contributed by atoms with E-state index in [9.17, 15) is 9.59 Å². The van der Waals surface area contributed by atoms with E-state index in [1.807, 2.05) is 30.3 Å². The van der Waals surface area contributed by atoms with Crippen molar-refractivity contribution in [2.75, 3.05) is 6.54 Å². The molecule has 1 heterocycles. The smallest absolute Gasteiger partial charge is 0.288 e. The number of piperidine rings is 1. The highest BCUT2D eigenvalue weighted by Gasteiger charge is 2.44. The molecule has 1 aromatic rings. The van der Waals surface area contributed by atoms with Crippen LogP contribution in [0.1, 0.15) is 18.4 Å². The van der Waals surface area contributed by atoms with Crippen molar-refractivity contribution in [2.45, 2.75) is 18.3 Å². The maximum Gasteiger partial charge on any atom is 0.288 e. The molecule has 1 N–H and O–H groups in total. The van der Waals surface area contributed by atoms with Crippen LogP contribution >= 0.6 is 0 Å². The largest absolute Gasteiger partial charge is 0.349 e. The van der Waals surface area contributed by atoms with Gasteiger partial charge in [-0.1, -0.05) is 36.4 Å².